The monoisotopic (exact) mass is 493 g/mol. The Bertz CT molecular complexity index is 977. The van der Waals surface area contributed by atoms with Gasteiger partial charge < -0.3 is 40.1 Å². The Labute approximate surface area is 204 Å². The summed E-state index contributed by atoms with van der Waals surface area (Å²) in [5.41, 5.74) is 0.745. The molecule has 1 unspecified atom stereocenters. The van der Waals surface area contributed by atoms with E-state index in [0.29, 0.717) is 36.3 Å². The van der Waals surface area contributed by atoms with Crippen LogP contribution in [0.25, 0.3) is 0 Å². The van der Waals surface area contributed by atoms with Gasteiger partial charge in [-0.1, -0.05) is 6.92 Å². The van der Waals surface area contributed by atoms with Crippen molar-refractivity contribution in [2.45, 2.75) is 78.2 Å². The Balaban J connectivity index is 1.98. The lowest BCUT2D eigenvalue weighted by Crippen LogP contribution is -2.96. The number of ether oxygens (including phenoxy) is 3. The predicted molar refractivity (Wildman–Crippen MR) is 125 cm³/mol. The number of esters is 2. The van der Waals surface area contributed by atoms with Crippen LogP contribution in [0.2, 0.25) is 0 Å². The second kappa shape index (κ2) is 10.3. The molecule has 12 nitrogen and oxygen atoms in total. The maximum atomic E-state index is 12.6. The zero-order chi connectivity index (χ0) is 26.1. The molecule has 35 heavy (non-hydrogen) atoms. The van der Waals surface area contributed by atoms with E-state index in [0.717, 1.165) is 0 Å². The topological polar surface area (TPSA) is 158 Å². The molecule has 1 amide bonds. The fraction of sp³-hybridized carbons (Fsp3) is 0.652. The Morgan fingerprint density at radius 2 is 1.80 bits per heavy atom. The molecule has 2 N–H and O–H groups in total. The molecule has 0 aromatic carbocycles. The number of amides is 1. The van der Waals surface area contributed by atoms with Gasteiger partial charge in [-0.15, -0.1) is 0 Å². The number of carbonyl (C=O) groups excluding carboxylic acids is 3. The Hall–Kier alpha value is -2.96. The van der Waals surface area contributed by atoms with Gasteiger partial charge in [0.1, 0.15) is 23.5 Å². The van der Waals surface area contributed by atoms with E-state index in [9.17, 15) is 24.8 Å². The van der Waals surface area contributed by atoms with Gasteiger partial charge in [0.05, 0.1) is 17.9 Å². The summed E-state index contributed by atoms with van der Waals surface area (Å²) in [4.78, 5) is 42.0. The number of piperidine rings is 1. The molecule has 0 spiro atoms. The summed E-state index contributed by atoms with van der Waals surface area (Å²) in [6.45, 7) is 10.2. The van der Waals surface area contributed by atoms with Crippen molar-refractivity contribution in [2.24, 2.45) is 5.92 Å². The van der Waals surface area contributed by atoms with Gasteiger partial charge in [-0.2, -0.15) is 0 Å². The second-order valence-corrected chi connectivity index (χ2v) is 10.0. The summed E-state index contributed by atoms with van der Waals surface area (Å²) >= 11 is 0. The van der Waals surface area contributed by atoms with Crippen LogP contribution in [-0.2, 0) is 30.2 Å². The summed E-state index contributed by atoms with van der Waals surface area (Å²) < 4.78 is 16.3. The summed E-state index contributed by atoms with van der Waals surface area (Å²) in [7, 11) is 0. The van der Waals surface area contributed by atoms with Crippen LogP contribution in [0.1, 0.15) is 65.3 Å². The maximum Gasteiger partial charge on any atom is 0.408 e. The molecule has 1 aromatic heterocycles. The fourth-order valence-electron chi connectivity index (χ4n) is 4.74. The summed E-state index contributed by atoms with van der Waals surface area (Å²) in [6.07, 6.45) is 0.257. The van der Waals surface area contributed by atoms with E-state index in [4.69, 9.17) is 14.2 Å². The molecule has 2 heterocycles. The zero-order valence-corrected chi connectivity index (χ0v) is 20.9. The molecule has 0 radical (unpaired) electrons. The van der Waals surface area contributed by atoms with Crippen molar-refractivity contribution in [3.8, 4) is 0 Å². The van der Waals surface area contributed by atoms with Gasteiger partial charge in [0.25, 0.3) is 0 Å². The van der Waals surface area contributed by atoms with Gasteiger partial charge in [0.2, 0.25) is 0 Å². The van der Waals surface area contributed by atoms with E-state index in [-0.39, 0.29) is 18.2 Å². The first-order valence-electron chi connectivity index (χ1n) is 11.6. The van der Waals surface area contributed by atoms with Crippen LogP contribution in [-0.4, -0.2) is 53.9 Å². The number of rotatable bonds is 5. The first-order valence-corrected chi connectivity index (χ1v) is 11.6. The molecule has 12 heteroatoms. The largest absolute Gasteiger partial charge is 0.628 e. The molecule has 1 aliphatic carbocycles. The molecule has 194 valence electrons. The number of hydrogen-bond donors (Lipinski definition) is 2. The van der Waals surface area contributed by atoms with Crippen molar-refractivity contribution < 1.29 is 33.8 Å². The smallest absolute Gasteiger partial charge is 0.408 e. The third-order valence-electron chi connectivity index (χ3n) is 5.88. The average molecular weight is 494 g/mol. The third-order valence-corrected chi connectivity index (χ3v) is 5.88. The molecule has 1 saturated heterocycles. The highest BCUT2D eigenvalue weighted by Crippen LogP contribution is 2.42. The first-order chi connectivity index (χ1) is 16.3. The number of nitrogens with one attached hydrogen (secondary N) is 2. The number of fused-ring (bicyclic) bond motifs is 1. The van der Waals surface area contributed by atoms with Crippen LogP contribution in [0, 0.1) is 16.3 Å². The highest BCUT2D eigenvalue weighted by Gasteiger charge is 2.41. The zero-order valence-electron chi connectivity index (χ0n) is 20.9. The van der Waals surface area contributed by atoms with E-state index < -0.39 is 47.1 Å². The number of nitrogens with zero attached hydrogens (tertiary/aromatic N) is 2. The van der Waals surface area contributed by atoms with Crippen LogP contribution in [0.15, 0.2) is 6.20 Å². The summed E-state index contributed by atoms with van der Waals surface area (Å²) in [5, 5.41) is 25.4. The van der Waals surface area contributed by atoms with Gasteiger partial charge in [-0.3, -0.25) is 14.6 Å². The van der Waals surface area contributed by atoms with Gasteiger partial charge in [-0.25, -0.2) is 4.79 Å². The number of anilines is 1. The SMILES string of the molecule is CC(=O)OC1CCc2c1ncc([NH+]([O-])[O-])c2N1C[C@H](C)[C@@H](OC(C)=O)[C@H](NC(=O)OC(C)(C)C)C1. The number of carbonyl (C=O) groups is 3. The second-order valence-electron chi connectivity index (χ2n) is 10.0. The summed E-state index contributed by atoms with van der Waals surface area (Å²) in [5.74, 6) is -1.21. The molecule has 0 saturated carbocycles. The number of aromatic nitrogens is 1. The quantitative estimate of drug-likeness (QED) is 0.349. The van der Waals surface area contributed by atoms with Crippen molar-refractivity contribution in [3.05, 3.63) is 27.9 Å². The van der Waals surface area contributed by atoms with Gasteiger partial charge in [0.15, 0.2) is 5.69 Å². The number of hydrogen-bond acceptors (Lipinski definition) is 10. The van der Waals surface area contributed by atoms with Crippen molar-refractivity contribution in [3.63, 3.8) is 0 Å². The summed E-state index contributed by atoms with van der Waals surface area (Å²) in [6, 6.07) is -0.679. The van der Waals surface area contributed by atoms with Crippen molar-refractivity contribution >= 4 is 29.4 Å². The standard InChI is InChI=1S/C23H33N4O8/c1-12-10-26(11-16(21(12)34-14(3)29)25-22(30)35-23(4,5)6)20-15-7-8-18(33-13(2)28)19(15)24-9-17(20)27(31)32/h9,12,16,18,21,27H,7-8,10-11H2,1-6H3,(H,25,30)/q-1/t12-,16+,18?,21+/m0/s1. The number of alkyl carbamates (subject to hydrolysis) is 1. The molecular weight excluding hydrogens is 460 g/mol. The van der Waals surface area contributed by atoms with E-state index in [2.05, 4.69) is 10.3 Å². The van der Waals surface area contributed by atoms with Crippen molar-refractivity contribution in [2.75, 3.05) is 18.0 Å². The Morgan fingerprint density at radius 1 is 1.14 bits per heavy atom. The van der Waals surface area contributed by atoms with E-state index in [1.54, 1.807) is 20.8 Å². The van der Waals surface area contributed by atoms with Gasteiger partial charge in [0, 0.05) is 38.4 Å². The lowest BCUT2D eigenvalue weighted by Gasteiger charge is -2.44. The number of pyridine rings is 1. The highest BCUT2D eigenvalue weighted by atomic mass is 16.8. The highest BCUT2D eigenvalue weighted by molar-refractivity contribution is 5.72. The predicted octanol–water partition coefficient (Wildman–Crippen LogP) is 1.43. The van der Waals surface area contributed by atoms with Gasteiger partial charge in [-0.05, 0) is 33.6 Å². The maximum absolute atomic E-state index is 12.6. The van der Waals surface area contributed by atoms with Gasteiger partial charge >= 0.3 is 18.0 Å². The molecule has 1 aromatic rings. The lowest BCUT2D eigenvalue weighted by molar-refractivity contribution is -0.714. The first kappa shape index (κ1) is 26.6. The third kappa shape index (κ3) is 6.38. The van der Waals surface area contributed by atoms with Crippen LogP contribution in [0.4, 0.5) is 16.2 Å². The molecule has 0 bridgehead atoms. The Morgan fingerprint density at radius 3 is 2.37 bits per heavy atom. The van der Waals surface area contributed by atoms with E-state index >= 15 is 0 Å². The van der Waals surface area contributed by atoms with E-state index in [1.165, 1.54) is 20.0 Å². The van der Waals surface area contributed by atoms with Crippen molar-refractivity contribution in [1.29, 1.82) is 0 Å². The van der Waals surface area contributed by atoms with Crippen molar-refractivity contribution in [1.82, 2.24) is 10.3 Å². The Kier molecular flexibility index (Phi) is 7.87. The van der Waals surface area contributed by atoms with Crippen LogP contribution >= 0.6 is 0 Å². The molecule has 2 aliphatic rings. The molecule has 3 rings (SSSR count). The lowest BCUT2D eigenvalue weighted by atomic mass is 9.91. The molecule has 4 atom stereocenters. The minimum atomic E-state index is -1.39. The minimum absolute atomic E-state index is 0.0959. The van der Waals surface area contributed by atoms with Crippen LogP contribution in [0.5, 0.6) is 0 Å². The normalized spacial score (nSPS) is 24.1. The van der Waals surface area contributed by atoms with Crippen LogP contribution in [0.3, 0.4) is 0 Å². The molecular formula is C23H33N4O8-. The fourth-order valence-corrected chi connectivity index (χ4v) is 4.74. The average Bonchev–Trinajstić information content (AvgIpc) is 3.10. The van der Waals surface area contributed by atoms with E-state index in [1.807, 2.05) is 11.8 Å². The molecule has 1 fully saturated rings. The number of quaternary nitrogens is 1. The van der Waals surface area contributed by atoms with Crippen LogP contribution < -0.4 is 15.4 Å². The minimum Gasteiger partial charge on any atom is -0.628 e. The molecule has 1 aliphatic heterocycles.